The van der Waals surface area contributed by atoms with Gasteiger partial charge in [-0.1, -0.05) is 62.7 Å². The molecule has 168 valence electrons. The third kappa shape index (κ3) is 6.11. The van der Waals surface area contributed by atoms with E-state index in [-0.39, 0.29) is 16.1 Å². The zero-order chi connectivity index (χ0) is 23.5. The first-order valence-electron chi connectivity index (χ1n) is 10.2. The summed E-state index contributed by atoms with van der Waals surface area (Å²) in [5, 5.41) is 6.04. The number of sulfone groups is 1. The van der Waals surface area contributed by atoms with Gasteiger partial charge in [0.05, 0.1) is 10.6 Å². The number of halogens is 1. The third-order valence-corrected chi connectivity index (χ3v) is 7.14. The van der Waals surface area contributed by atoms with Crippen LogP contribution in [0.3, 0.4) is 0 Å². The van der Waals surface area contributed by atoms with Crippen molar-refractivity contribution in [1.82, 2.24) is 0 Å². The molecule has 2 amide bonds. The lowest BCUT2D eigenvalue weighted by Gasteiger charge is -2.19. The minimum Gasteiger partial charge on any atom is -0.308 e. The molecule has 0 heterocycles. The van der Waals surface area contributed by atoms with Gasteiger partial charge in [-0.25, -0.2) is 13.2 Å². The van der Waals surface area contributed by atoms with Crippen LogP contribution in [0, 0.1) is 6.92 Å². The minimum absolute atomic E-state index is 0.0244. The summed E-state index contributed by atoms with van der Waals surface area (Å²) in [7, 11) is -3.61. The molecular weight excluding hydrogens is 444 g/mol. The van der Waals surface area contributed by atoms with Crippen molar-refractivity contribution in [2.45, 2.75) is 43.8 Å². The Morgan fingerprint density at radius 3 is 2.03 bits per heavy atom. The second-order valence-electron chi connectivity index (χ2n) is 8.77. The summed E-state index contributed by atoms with van der Waals surface area (Å²) in [6, 6.07) is 18.7. The van der Waals surface area contributed by atoms with Gasteiger partial charge in [-0.15, -0.1) is 0 Å². The fourth-order valence-electron chi connectivity index (χ4n) is 3.24. The van der Waals surface area contributed by atoms with Crippen molar-refractivity contribution in [2.75, 3.05) is 10.6 Å². The van der Waals surface area contributed by atoms with E-state index >= 15 is 0 Å². The summed E-state index contributed by atoms with van der Waals surface area (Å²) in [6.07, 6.45) is 0. The Morgan fingerprint density at radius 1 is 0.875 bits per heavy atom. The molecule has 3 aromatic carbocycles. The van der Waals surface area contributed by atoms with Crippen LogP contribution in [0.2, 0.25) is 5.02 Å². The fourth-order valence-corrected chi connectivity index (χ4v) is 5.02. The van der Waals surface area contributed by atoms with Crippen molar-refractivity contribution in [2.24, 2.45) is 0 Å². The molecule has 0 atom stereocenters. The Hall–Kier alpha value is -2.83. The molecule has 7 heteroatoms. The highest BCUT2D eigenvalue weighted by Gasteiger charge is 2.19. The molecule has 0 radical (unpaired) electrons. The van der Waals surface area contributed by atoms with E-state index in [1.807, 2.05) is 24.3 Å². The highest BCUT2D eigenvalue weighted by molar-refractivity contribution is 7.90. The number of rotatable bonds is 5. The number of aryl methyl sites for hydroxylation is 1. The SMILES string of the molecule is Cc1ccc(NC(=O)Nc2ccc(C(C)(C)C)cc2)cc1S(=O)(=O)Cc1ccc(Cl)cc1. The molecule has 0 spiro atoms. The summed E-state index contributed by atoms with van der Waals surface area (Å²) in [5.41, 5.74) is 3.49. The monoisotopic (exact) mass is 470 g/mol. The van der Waals surface area contributed by atoms with Crippen LogP contribution in [0.5, 0.6) is 0 Å². The number of benzene rings is 3. The standard InChI is InChI=1S/C25H27ClN2O3S/c1-17-5-12-22(15-23(17)32(30,31)16-18-6-10-20(26)11-7-18)28-24(29)27-21-13-8-19(9-14-21)25(2,3)4/h5-15H,16H2,1-4H3,(H2,27,28,29). The summed E-state index contributed by atoms with van der Waals surface area (Å²) in [4.78, 5) is 12.6. The van der Waals surface area contributed by atoms with Crippen LogP contribution in [0.25, 0.3) is 0 Å². The second kappa shape index (κ2) is 9.35. The van der Waals surface area contributed by atoms with E-state index in [9.17, 15) is 13.2 Å². The highest BCUT2D eigenvalue weighted by Crippen LogP contribution is 2.26. The van der Waals surface area contributed by atoms with E-state index in [4.69, 9.17) is 11.6 Å². The van der Waals surface area contributed by atoms with Crippen LogP contribution in [-0.4, -0.2) is 14.4 Å². The van der Waals surface area contributed by atoms with E-state index in [0.29, 0.717) is 27.5 Å². The Labute approximate surface area is 194 Å². The summed E-state index contributed by atoms with van der Waals surface area (Å²) < 4.78 is 26.0. The average Bonchev–Trinajstić information content (AvgIpc) is 2.70. The Kier molecular flexibility index (Phi) is 6.96. The van der Waals surface area contributed by atoms with Gasteiger partial charge in [0.25, 0.3) is 0 Å². The minimum atomic E-state index is -3.61. The van der Waals surface area contributed by atoms with Gasteiger partial charge in [-0.2, -0.15) is 0 Å². The lowest BCUT2D eigenvalue weighted by molar-refractivity contribution is 0.262. The molecule has 0 unspecified atom stereocenters. The molecule has 0 saturated carbocycles. The van der Waals surface area contributed by atoms with E-state index in [1.165, 1.54) is 6.07 Å². The predicted octanol–water partition coefficient (Wildman–Crippen LogP) is 6.56. The third-order valence-electron chi connectivity index (χ3n) is 5.06. The van der Waals surface area contributed by atoms with Crippen molar-refractivity contribution < 1.29 is 13.2 Å². The number of carbonyl (C=O) groups excluding carboxylic acids is 1. The van der Waals surface area contributed by atoms with Gasteiger partial charge in [0.1, 0.15) is 0 Å². The maximum atomic E-state index is 13.0. The van der Waals surface area contributed by atoms with Crippen LogP contribution in [0.15, 0.2) is 71.6 Å². The first-order valence-corrected chi connectivity index (χ1v) is 12.2. The Morgan fingerprint density at radius 2 is 1.44 bits per heavy atom. The molecule has 3 aromatic rings. The van der Waals surface area contributed by atoms with Gasteiger partial charge >= 0.3 is 6.03 Å². The van der Waals surface area contributed by atoms with Gasteiger partial charge in [0.2, 0.25) is 0 Å². The Balaban J connectivity index is 1.73. The lowest BCUT2D eigenvalue weighted by Crippen LogP contribution is -2.20. The van der Waals surface area contributed by atoms with Crippen molar-refractivity contribution >= 4 is 38.8 Å². The number of nitrogens with one attached hydrogen (secondary N) is 2. The summed E-state index contributed by atoms with van der Waals surface area (Å²) in [5.74, 6) is -0.152. The molecule has 0 aliphatic heterocycles. The maximum Gasteiger partial charge on any atom is 0.323 e. The van der Waals surface area contributed by atoms with Gasteiger partial charge < -0.3 is 10.6 Å². The molecule has 32 heavy (non-hydrogen) atoms. The van der Waals surface area contributed by atoms with Crippen molar-refractivity contribution in [3.63, 3.8) is 0 Å². The molecule has 0 fully saturated rings. The van der Waals surface area contributed by atoms with Crippen LogP contribution in [-0.2, 0) is 21.0 Å². The molecule has 0 bridgehead atoms. The van der Waals surface area contributed by atoms with Crippen molar-refractivity contribution in [3.05, 3.63) is 88.4 Å². The molecule has 3 rings (SSSR count). The molecule has 2 N–H and O–H groups in total. The maximum absolute atomic E-state index is 13.0. The first kappa shape index (κ1) is 23.8. The summed E-state index contributed by atoms with van der Waals surface area (Å²) in [6.45, 7) is 8.10. The van der Waals surface area contributed by atoms with E-state index in [2.05, 4.69) is 31.4 Å². The van der Waals surface area contributed by atoms with Crippen LogP contribution in [0.1, 0.15) is 37.5 Å². The quantitative estimate of drug-likeness (QED) is 0.443. The van der Waals surface area contributed by atoms with Crippen LogP contribution in [0.4, 0.5) is 16.2 Å². The first-order chi connectivity index (χ1) is 14.9. The number of anilines is 2. The van der Waals surface area contributed by atoms with E-state index in [0.717, 1.165) is 5.56 Å². The van der Waals surface area contributed by atoms with Crippen molar-refractivity contribution in [3.8, 4) is 0 Å². The summed E-state index contributed by atoms with van der Waals surface area (Å²) >= 11 is 5.88. The molecular formula is C25H27ClN2O3S. The highest BCUT2D eigenvalue weighted by atomic mass is 35.5. The molecule has 0 aliphatic carbocycles. The topological polar surface area (TPSA) is 75.3 Å². The van der Waals surface area contributed by atoms with Gasteiger partial charge in [0, 0.05) is 16.4 Å². The molecule has 0 aliphatic rings. The number of amides is 2. The zero-order valence-corrected chi connectivity index (χ0v) is 20.1. The smallest absolute Gasteiger partial charge is 0.308 e. The Bertz CT molecular complexity index is 1210. The van der Waals surface area contributed by atoms with E-state index < -0.39 is 15.9 Å². The lowest BCUT2D eigenvalue weighted by atomic mass is 9.87. The number of hydrogen-bond donors (Lipinski definition) is 2. The molecule has 0 saturated heterocycles. The van der Waals surface area contributed by atoms with Gasteiger partial charge in [-0.3, -0.25) is 0 Å². The fraction of sp³-hybridized carbons (Fsp3) is 0.240. The zero-order valence-electron chi connectivity index (χ0n) is 18.6. The second-order valence-corrected chi connectivity index (χ2v) is 11.2. The molecule has 0 aromatic heterocycles. The molecule has 5 nitrogen and oxygen atoms in total. The normalized spacial score (nSPS) is 11.8. The number of urea groups is 1. The van der Waals surface area contributed by atoms with Crippen LogP contribution >= 0.6 is 11.6 Å². The largest absolute Gasteiger partial charge is 0.323 e. The van der Waals surface area contributed by atoms with Crippen LogP contribution < -0.4 is 10.6 Å². The number of hydrogen-bond acceptors (Lipinski definition) is 3. The average molecular weight is 471 g/mol. The van der Waals surface area contributed by atoms with Gasteiger partial charge in [0.15, 0.2) is 9.84 Å². The van der Waals surface area contributed by atoms with Crippen molar-refractivity contribution in [1.29, 1.82) is 0 Å². The van der Waals surface area contributed by atoms with Gasteiger partial charge in [-0.05, 0) is 65.4 Å². The predicted molar refractivity (Wildman–Crippen MR) is 131 cm³/mol. The van der Waals surface area contributed by atoms with E-state index in [1.54, 1.807) is 43.3 Å². The number of carbonyl (C=O) groups is 1.